The summed E-state index contributed by atoms with van der Waals surface area (Å²) in [5, 5.41) is 0. The Balaban J connectivity index is 2.45. The molecule has 2 N–H and O–H groups in total. The molecule has 0 aliphatic carbocycles. The number of benzene rings is 1. The van der Waals surface area contributed by atoms with Gasteiger partial charge in [0.05, 0.1) is 7.11 Å². The highest BCUT2D eigenvalue weighted by Crippen LogP contribution is 2.26. The van der Waals surface area contributed by atoms with Crippen LogP contribution in [0.25, 0.3) is 0 Å². The first-order valence-electron chi connectivity index (χ1n) is 6.41. The minimum atomic E-state index is -0.522. The van der Waals surface area contributed by atoms with Gasteiger partial charge in [0.15, 0.2) is 0 Å². The second-order valence-electron chi connectivity index (χ2n) is 5.54. The molecule has 1 unspecified atom stereocenters. The fourth-order valence-electron chi connectivity index (χ4n) is 1.62. The molecule has 4 heteroatoms. The van der Waals surface area contributed by atoms with Gasteiger partial charge < -0.3 is 10.5 Å². The number of nitrogens with two attached hydrogens (primary N) is 1. The third-order valence-electron chi connectivity index (χ3n) is 2.92. The Morgan fingerprint density at radius 1 is 1.32 bits per heavy atom. The van der Waals surface area contributed by atoms with E-state index >= 15 is 0 Å². The van der Waals surface area contributed by atoms with Crippen molar-refractivity contribution < 1.29 is 9.53 Å². The van der Waals surface area contributed by atoms with E-state index in [1.807, 2.05) is 0 Å². The van der Waals surface area contributed by atoms with Crippen molar-refractivity contribution in [2.45, 2.75) is 43.5 Å². The van der Waals surface area contributed by atoms with Gasteiger partial charge in [-0.25, -0.2) is 0 Å². The van der Waals surface area contributed by atoms with Crippen molar-refractivity contribution in [2.75, 3.05) is 12.9 Å². The molecule has 19 heavy (non-hydrogen) atoms. The monoisotopic (exact) mass is 281 g/mol. The second kappa shape index (κ2) is 6.96. The Bertz CT molecular complexity index is 409. The van der Waals surface area contributed by atoms with Crippen LogP contribution in [0, 0.1) is 0 Å². The van der Waals surface area contributed by atoms with Gasteiger partial charge in [-0.15, -0.1) is 11.8 Å². The third kappa shape index (κ3) is 5.25. The predicted molar refractivity (Wildman–Crippen MR) is 80.5 cm³/mol. The SMILES string of the molecule is COC(=O)C(N)CCSc1ccc(C(C)(C)C)cc1. The summed E-state index contributed by atoms with van der Waals surface area (Å²) in [5.74, 6) is 0.467. The molecule has 0 radical (unpaired) electrons. The van der Waals surface area contributed by atoms with Gasteiger partial charge in [0.25, 0.3) is 0 Å². The van der Waals surface area contributed by atoms with E-state index in [1.54, 1.807) is 11.8 Å². The molecule has 0 fully saturated rings. The molecule has 0 heterocycles. The first-order valence-corrected chi connectivity index (χ1v) is 7.40. The predicted octanol–water partition coefficient (Wildman–Crippen LogP) is 2.97. The lowest BCUT2D eigenvalue weighted by Gasteiger charge is -2.19. The van der Waals surface area contributed by atoms with Crippen LogP contribution in [-0.2, 0) is 14.9 Å². The molecule has 1 aromatic rings. The number of carbonyl (C=O) groups excluding carboxylic acids is 1. The summed E-state index contributed by atoms with van der Waals surface area (Å²) < 4.78 is 4.59. The van der Waals surface area contributed by atoms with E-state index in [-0.39, 0.29) is 11.4 Å². The van der Waals surface area contributed by atoms with E-state index in [4.69, 9.17) is 5.73 Å². The van der Waals surface area contributed by atoms with Gasteiger partial charge in [0.1, 0.15) is 6.04 Å². The van der Waals surface area contributed by atoms with Crippen LogP contribution >= 0.6 is 11.8 Å². The average molecular weight is 281 g/mol. The van der Waals surface area contributed by atoms with Gasteiger partial charge >= 0.3 is 5.97 Å². The number of ether oxygens (including phenoxy) is 1. The van der Waals surface area contributed by atoms with E-state index in [1.165, 1.54) is 17.6 Å². The molecule has 0 saturated carbocycles. The Labute approximate surface area is 119 Å². The Morgan fingerprint density at radius 3 is 2.37 bits per heavy atom. The smallest absolute Gasteiger partial charge is 0.322 e. The van der Waals surface area contributed by atoms with E-state index in [0.29, 0.717) is 6.42 Å². The number of methoxy groups -OCH3 is 1. The van der Waals surface area contributed by atoms with Crippen LogP contribution in [-0.4, -0.2) is 24.9 Å². The number of hydrogen-bond donors (Lipinski definition) is 1. The van der Waals surface area contributed by atoms with E-state index in [9.17, 15) is 4.79 Å². The number of thioether (sulfide) groups is 1. The zero-order valence-electron chi connectivity index (χ0n) is 12.1. The van der Waals surface area contributed by atoms with Gasteiger partial charge in [-0.3, -0.25) is 4.79 Å². The molecule has 0 saturated heterocycles. The van der Waals surface area contributed by atoms with Crippen molar-refractivity contribution in [3.63, 3.8) is 0 Å². The van der Waals surface area contributed by atoms with Crippen molar-refractivity contribution in [3.8, 4) is 0 Å². The van der Waals surface area contributed by atoms with Gasteiger partial charge in [-0.05, 0) is 29.5 Å². The highest BCUT2D eigenvalue weighted by Gasteiger charge is 2.14. The molecule has 106 valence electrons. The molecular formula is C15H23NO2S. The molecule has 0 aliphatic rings. The van der Waals surface area contributed by atoms with Crippen LogP contribution in [0.5, 0.6) is 0 Å². The summed E-state index contributed by atoms with van der Waals surface area (Å²) in [6.07, 6.45) is 0.623. The van der Waals surface area contributed by atoms with Crippen molar-refractivity contribution in [1.82, 2.24) is 0 Å². The summed E-state index contributed by atoms with van der Waals surface area (Å²) >= 11 is 1.71. The lowest BCUT2D eigenvalue weighted by Crippen LogP contribution is -2.31. The van der Waals surface area contributed by atoms with Crippen molar-refractivity contribution >= 4 is 17.7 Å². The van der Waals surface area contributed by atoms with E-state index in [2.05, 4.69) is 49.8 Å². The average Bonchev–Trinajstić information content (AvgIpc) is 2.37. The molecule has 0 spiro atoms. The standard InChI is InChI=1S/C15H23NO2S/c1-15(2,3)11-5-7-12(8-6-11)19-10-9-13(16)14(17)18-4/h5-8,13H,9-10,16H2,1-4H3. The first-order chi connectivity index (χ1) is 8.84. The van der Waals surface area contributed by atoms with Crippen LogP contribution in [0.2, 0.25) is 0 Å². The number of hydrogen-bond acceptors (Lipinski definition) is 4. The minimum absolute atomic E-state index is 0.177. The number of rotatable bonds is 5. The second-order valence-corrected chi connectivity index (χ2v) is 6.71. The molecule has 1 atom stereocenters. The Hall–Kier alpha value is -1.00. The van der Waals surface area contributed by atoms with E-state index in [0.717, 1.165) is 5.75 Å². The van der Waals surface area contributed by atoms with Crippen molar-refractivity contribution in [1.29, 1.82) is 0 Å². The summed E-state index contributed by atoms with van der Waals surface area (Å²) in [5.41, 5.74) is 7.18. The Kier molecular flexibility index (Phi) is 5.88. The summed E-state index contributed by atoms with van der Waals surface area (Å²) in [7, 11) is 1.36. The molecular weight excluding hydrogens is 258 g/mol. The fourth-order valence-corrected chi connectivity index (χ4v) is 2.56. The topological polar surface area (TPSA) is 52.3 Å². The van der Waals surface area contributed by atoms with Gasteiger partial charge in [0.2, 0.25) is 0 Å². The number of esters is 1. The lowest BCUT2D eigenvalue weighted by atomic mass is 9.87. The fraction of sp³-hybridized carbons (Fsp3) is 0.533. The highest BCUT2D eigenvalue weighted by atomic mass is 32.2. The van der Waals surface area contributed by atoms with Crippen LogP contribution in [0.4, 0.5) is 0 Å². The van der Waals surface area contributed by atoms with Gasteiger partial charge in [-0.2, -0.15) is 0 Å². The quantitative estimate of drug-likeness (QED) is 0.666. The summed E-state index contributed by atoms with van der Waals surface area (Å²) in [4.78, 5) is 12.4. The first kappa shape index (κ1) is 16.1. The molecule has 0 amide bonds. The Morgan fingerprint density at radius 2 is 1.89 bits per heavy atom. The van der Waals surface area contributed by atoms with Gasteiger partial charge in [-0.1, -0.05) is 32.9 Å². The molecule has 3 nitrogen and oxygen atoms in total. The van der Waals surface area contributed by atoms with Crippen LogP contribution in [0.1, 0.15) is 32.8 Å². The van der Waals surface area contributed by atoms with Crippen LogP contribution < -0.4 is 5.73 Å². The molecule has 0 aliphatic heterocycles. The van der Waals surface area contributed by atoms with Crippen molar-refractivity contribution in [2.24, 2.45) is 5.73 Å². The minimum Gasteiger partial charge on any atom is -0.468 e. The zero-order chi connectivity index (χ0) is 14.5. The zero-order valence-corrected chi connectivity index (χ0v) is 12.9. The number of carbonyl (C=O) groups is 1. The maximum Gasteiger partial charge on any atom is 0.322 e. The maximum atomic E-state index is 11.2. The molecule has 1 rings (SSSR count). The van der Waals surface area contributed by atoms with Crippen molar-refractivity contribution in [3.05, 3.63) is 29.8 Å². The summed E-state index contributed by atoms with van der Waals surface area (Å²) in [6.45, 7) is 6.60. The third-order valence-corrected chi connectivity index (χ3v) is 3.97. The van der Waals surface area contributed by atoms with Crippen LogP contribution in [0.3, 0.4) is 0 Å². The largest absolute Gasteiger partial charge is 0.468 e. The summed E-state index contributed by atoms with van der Waals surface area (Å²) in [6, 6.07) is 8.03. The normalized spacial score (nSPS) is 13.1. The highest BCUT2D eigenvalue weighted by molar-refractivity contribution is 7.99. The lowest BCUT2D eigenvalue weighted by molar-refractivity contribution is -0.142. The van der Waals surface area contributed by atoms with Crippen LogP contribution in [0.15, 0.2) is 29.2 Å². The molecule has 0 bridgehead atoms. The molecule has 1 aromatic carbocycles. The molecule has 0 aromatic heterocycles. The van der Waals surface area contributed by atoms with Gasteiger partial charge in [0, 0.05) is 10.6 Å². The maximum absolute atomic E-state index is 11.2. The van der Waals surface area contributed by atoms with E-state index < -0.39 is 6.04 Å².